The highest BCUT2D eigenvalue weighted by Crippen LogP contribution is 2.31. The van der Waals surface area contributed by atoms with Gasteiger partial charge in [-0.3, -0.25) is 4.99 Å². The molecule has 1 aliphatic heterocycles. The number of hydrogen-bond donors (Lipinski definition) is 0. The van der Waals surface area contributed by atoms with Crippen LogP contribution in [0.2, 0.25) is 0 Å². The van der Waals surface area contributed by atoms with Crippen LogP contribution in [0.5, 0.6) is 0 Å². The lowest BCUT2D eigenvalue weighted by Gasteiger charge is -2.42. The summed E-state index contributed by atoms with van der Waals surface area (Å²) in [4.78, 5) is 6.76. The summed E-state index contributed by atoms with van der Waals surface area (Å²) in [6.45, 7) is 14.5. The SMILES string of the molecule is CC(C)(C)C1CN=CN1C(C)(C)C. The quantitative estimate of drug-likeness (QED) is 0.562. The van der Waals surface area contributed by atoms with E-state index in [2.05, 4.69) is 51.4 Å². The summed E-state index contributed by atoms with van der Waals surface area (Å²) >= 11 is 0. The van der Waals surface area contributed by atoms with Gasteiger partial charge in [0.1, 0.15) is 0 Å². The second-order valence-electron chi connectivity index (χ2n) is 5.94. The maximum Gasteiger partial charge on any atom is 0.0858 e. The monoisotopic (exact) mass is 182 g/mol. The van der Waals surface area contributed by atoms with Crippen LogP contribution in [0, 0.1) is 5.41 Å². The van der Waals surface area contributed by atoms with E-state index >= 15 is 0 Å². The van der Waals surface area contributed by atoms with Gasteiger partial charge >= 0.3 is 0 Å². The Morgan fingerprint density at radius 1 is 1.15 bits per heavy atom. The fourth-order valence-electron chi connectivity index (χ4n) is 1.74. The van der Waals surface area contributed by atoms with Crippen molar-refractivity contribution in [3.8, 4) is 0 Å². The van der Waals surface area contributed by atoms with Gasteiger partial charge in [-0.15, -0.1) is 0 Å². The molecule has 0 bridgehead atoms. The van der Waals surface area contributed by atoms with Crippen LogP contribution in [0.1, 0.15) is 41.5 Å². The summed E-state index contributed by atoms with van der Waals surface area (Å²) in [5.74, 6) is 0. The molecule has 0 aromatic carbocycles. The van der Waals surface area contributed by atoms with Gasteiger partial charge in [0, 0.05) is 5.54 Å². The van der Waals surface area contributed by atoms with E-state index in [4.69, 9.17) is 0 Å². The molecule has 0 spiro atoms. The standard InChI is InChI=1S/C11H22N2/c1-10(2,3)9-7-12-8-13(9)11(4,5)6/h8-9H,7H2,1-6H3. The molecule has 0 radical (unpaired) electrons. The molecule has 0 amide bonds. The molecule has 0 aliphatic carbocycles. The van der Waals surface area contributed by atoms with Gasteiger partial charge in [0.15, 0.2) is 0 Å². The molecule has 2 heteroatoms. The van der Waals surface area contributed by atoms with E-state index < -0.39 is 0 Å². The highest BCUT2D eigenvalue weighted by molar-refractivity contribution is 5.59. The molecule has 1 heterocycles. The van der Waals surface area contributed by atoms with Gasteiger partial charge < -0.3 is 4.90 Å². The number of aliphatic imine (C=N–C) groups is 1. The van der Waals surface area contributed by atoms with Gasteiger partial charge in [0.25, 0.3) is 0 Å². The summed E-state index contributed by atoms with van der Waals surface area (Å²) in [6.07, 6.45) is 2.01. The van der Waals surface area contributed by atoms with Gasteiger partial charge in [-0.1, -0.05) is 20.8 Å². The second kappa shape index (κ2) is 3.00. The summed E-state index contributed by atoms with van der Waals surface area (Å²) in [5.41, 5.74) is 0.502. The number of rotatable bonds is 0. The third-order valence-electron chi connectivity index (χ3n) is 2.59. The topological polar surface area (TPSA) is 15.6 Å². The predicted octanol–water partition coefficient (Wildman–Crippen LogP) is 2.54. The van der Waals surface area contributed by atoms with Gasteiger partial charge in [-0.25, -0.2) is 0 Å². The fraction of sp³-hybridized carbons (Fsp3) is 0.909. The van der Waals surface area contributed by atoms with Crippen LogP contribution in [0.15, 0.2) is 4.99 Å². The van der Waals surface area contributed by atoms with Crippen molar-refractivity contribution in [1.29, 1.82) is 0 Å². The fourth-order valence-corrected chi connectivity index (χ4v) is 1.74. The molecule has 0 fully saturated rings. The van der Waals surface area contributed by atoms with Gasteiger partial charge in [-0.2, -0.15) is 0 Å². The van der Waals surface area contributed by atoms with E-state index in [1.165, 1.54) is 0 Å². The average molecular weight is 182 g/mol. The Morgan fingerprint density at radius 2 is 1.69 bits per heavy atom. The predicted molar refractivity (Wildman–Crippen MR) is 58.2 cm³/mol. The highest BCUT2D eigenvalue weighted by Gasteiger charge is 2.36. The maximum absolute atomic E-state index is 4.38. The van der Waals surface area contributed by atoms with Crippen molar-refractivity contribution in [1.82, 2.24) is 4.90 Å². The van der Waals surface area contributed by atoms with Crippen LogP contribution in [0.25, 0.3) is 0 Å². The molecule has 1 rings (SSSR count). The first kappa shape index (κ1) is 10.6. The van der Waals surface area contributed by atoms with Crippen molar-refractivity contribution in [2.24, 2.45) is 10.4 Å². The molecule has 76 valence electrons. The summed E-state index contributed by atoms with van der Waals surface area (Å²) in [6, 6.07) is 0.549. The van der Waals surface area contributed by atoms with Gasteiger partial charge in [0.2, 0.25) is 0 Å². The minimum atomic E-state index is 0.192. The van der Waals surface area contributed by atoms with Crippen LogP contribution in [0.4, 0.5) is 0 Å². The van der Waals surface area contributed by atoms with E-state index in [9.17, 15) is 0 Å². The van der Waals surface area contributed by atoms with E-state index in [-0.39, 0.29) is 5.54 Å². The van der Waals surface area contributed by atoms with Crippen molar-refractivity contribution in [2.45, 2.75) is 53.1 Å². The van der Waals surface area contributed by atoms with Crippen LogP contribution in [0.3, 0.4) is 0 Å². The summed E-state index contributed by atoms with van der Waals surface area (Å²) in [7, 11) is 0. The Balaban J connectivity index is 2.81. The van der Waals surface area contributed by atoms with Gasteiger partial charge in [0.05, 0.1) is 18.9 Å². The zero-order chi connectivity index (χ0) is 10.3. The Kier molecular flexibility index (Phi) is 2.44. The van der Waals surface area contributed by atoms with Crippen LogP contribution >= 0.6 is 0 Å². The second-order valence-corrected chi connectivity index (χ2v) is 5.94. The first-order valence-electron chi connectivity index (χ1n) is 5.01. The van der Waals surface area contributed by atoms with Crippen LogP contribution in [-0.4, -0.2) is 29.4 Å². The molecule has 0 saturated heterocycles. The zero-order valence-corrected chi connectivity index (χ0v) is 9.76. The Morgan fingerprint density at radius 3 is 2.00 bits per heavy atom. The number of hydrogen-bond acceptors (Lipinski definition) is 2. The van der Waals surface area contributed by atoms with Crippen LogP contribution in [-0.2, 0) is 0 Å². The van der Waals surface area contributed by atoms with E-state index in [1.54, 1.807) is 0 Å². The lowest BCUT2D eigenvalue weighted by Crippen LogP contribution is -2.50. The first-order valence-corrected chi connectivity index (χ1v) is 5.01. The van der Waals surface area contributed by atoms with Crippen molar-refractivity contribution in [3.05, 3.63) is 0 Å². The molecular weight excluding hydrogens is 160 g/mol. The van der Waals surface area contributed by atoms with E-state index in [0.29, 0.717) is 11.5 Å². The van der Waals surface area contributed by atoms with E-state index in [1.807, 2.05) is 6.34 Å². The van der Waals surface area contributed by atoms with Gasteiger partial charge in [-0.05, 0) is 26.2 Å². The summed E-state index contributed by atoms with van der Waals surface area (Å²) in [5, 5.41) is 0. The molecule has 1 aliphatic rings. The molecule has 0 N–H and O–H groups in total. The Hall–Kier alpha value is -0.530. The first-order chi connectivity index (χ1) is 5.73. The minimum absolute atomic E-state index is 0.192. The summed E-state index contributed by atoms with van der Waals surface area (Å²) < 4.78 is 0. The van der Waals surface area contributed by atoms with Crippen molar-refractivity contribution >= 4 is 6.34 Å². The van der Waals surface area contributed by atoms with E-state index in [0.717, 1.165) is 6.54 Å². The van der Waals surface area contributed by atoms with Crippen molar-refractivity contribution in [2.75, 3.05) is 6.54 Å². The zero-order valence-electron chi connectivity index (χ0n) is 9.76. The third-order valence-corrected chi connectivity index (χ3v) is 2.59. The van der Waals surface area contributed by atoms with Crippen molar-refractivity contribution in [3.63, 3.8) is 0 Å². The molecule has 0 aromatic rings. The number of nitrogens with zero attached hydrogens (tertiary/aromatic N) is 2. The lowest BCUT2D eigenvalue weighted by atomic mass is 9.84. The normalized spacial score (nSPS) is 24.2. The molecule has 13 heavy (non-hydrogen) atoms. The lowest BCUT2D eigenvalue weighted by molar-refractivity contribution is 0.116. The molecule has 1 unspecified atom stereocenters. The smallest absolute Gasteiger partial charge is 0.0858 e. The Labute approximate surface area is 82.0 Å². The largest absolute Gasteiger partial charge is 0.353 e. The minimum Gasteiger partial charge on any atom is -0.353 e. The molecule has 0 saturated carbocycles. The Bertz CT molecular complexity index is 205. The van der Waals surface area contributed by atoms with Crippen molar-refractivity contribution < 1.29 is 0 Å². The maximum atomic E-state index is 4.38. The highest BCUT2D eigenvalue weighted by atomic mass is 15.3. The molecule has 2 nitrogen and oxygen atoms in total. The molecule has 0 aromatic heterocycles. The average Bonchev–Trinajstić information content (AvgIpc) is 2.27. The third kappa shape index (κ3) is 2.23. The molecular formula is C11H22N2. The van der Waals surface area contributed by atoms with Crippen LogP contribution < -0.4 is 0 Å². The molecule has 1 atom stereocenters.